The second-order valence-corrected chi connectivity index (χ2v) is 4.61. The fourth-order valence-corrected chi connectivity index (χ4v) is 1.14. The summed E-state index contributed by atoms with van der Waals surface area (Å²) in [7, 11) is 0. The van der Waals surface area contributed by atoms with Gasteiger partial charge in [0.1, 0.15) is 11.4 Å². The lowest BCUT2D eigenvalue weighted by atomic mass is 10.2. The highest BCUT2D eigenvalue weighted by molar-refractivity contribution is 5.48. The Hall–Kier alpha value is -1.70. The van der Waals surface area contributed by atoms with Crippen molar-refractivity contribution in [3.63, 3.8) is 0 Å². The lowest BCUT2D eigenvalue weighted by Gasteiger charge is -2.21. The van der Waals surface area contributed by atoms with Crippen LogP contribution in [0.3, 0.4) is 0 Å². The molecule has 18 heavy (non-hydrogen) atoms. The molecule has 0 saturated carbocycles. The maximum absolute atomic E-state index is 5.67. The molecule has 0 heterocycles. The Morgan fingerprint density at radius 3 is 1.94 bits per heavy atom. The minimum atomic E-state index is -0.129. The monoisotopic (exact) mass is 248 g/mol. The van der Waals surface area contributed by atoms with Crippen LogP contribution in [0, 0.1) is 0 Å². The van der Waals surface area contributed by atoms with Crippen LogP contribution < -0.4 is 4.74 Å². The zero-order valence-corrected chi connectivity index (χ0v) is 11.9. The van der Waals surface area contributed by atoms with Gasteiger partial charge in [-0.2, -0.15) is 0 Å². The van der Waals surface area contributed by atoms with E-state index < -0.39 is 0 Å². The van der Waals surface area contributed by atoms with E-state index in [2.05, 4.69) is 17.9 Å². The minimum absolute atomic E-state index is 0.129. The Bertz CT molecular complexity index is 344. The van der Waals surface area contributed by atoms with E-state index in [1.54, 1.807) is 0 Å². The first kappa shape index (κ1) is 16.3. The molecule has 2 nitrogen and oxygen atoms in total. The molecule has 1 rings (SSSR count). The molecule has 0 bridgehead atoms. The molecule has 0 N–H and O–H groups in total. The molecule has 1 aromatic carbocycles. The molecule has 1 aromatic rings. The number of rotatable bonds is 4. The summed E-state index contributed by atoms with van der Waals surface area (Å²) in [5.41, 5.74) is 0.983. The van der Waals surface area contributed by atoms with E-state index >= 15 is 0 Å². The van der Waals surface area contributed by atoms with Crippen LogP contribution >= 0.6 is 0 Å². The van der Waals surface area contributed by atoms with Crippen LogP contribution in [0.1, 0.15) is 33.3 Å². The van der Waals surface area contributed by atoms with Gasteiger partial charge in [0.2, 0.25) is 0 Å². The third-order valence-electron chi connectivity index (χ3n) is 1.82. The lowest BCUT2D eigenvalue weighted by molar-refractivity contribution is 0.131. The molecule has 0 spiro atoms. The van der Waals surface area contributed by atoms with Crippen molar-refractivity contribution in [1.29, 1.82) is 0 Å². The summed E-state index contributed by atoms with van der Waals surface area (Å²) in [6.45, 7) is 15.8. The van der Waals surface area contributed by atoms with Crippen molar-refractivity contribution in [2.75, 3.05) is 6.61 Å². The molecule has 0 amide bonds. The van der Waals surface area contributed by atoms with E-state index in [0.29, 0.717) is 0 Å². The Labute approximate surface area is 111 Å². The van der Waals surface area contributed by atoms with E-state index in [4.69, 9.17) is 4.74 Å². The molecule has 0 fully saturated rings. The van der Waals surface area contributed by atoms with Crippen molar-refractivity contribution in [3.05, 3.63) is 49.2 Å². The molecular formula is C16H24O2. The molecule has 0 aliphatic carbocycles. The van der Waals surface area contributed by atoms with Crippen LogP contribution in [0.4, 0.5) is 0 Å². The molecular weight excluding hydrogens is 224 g/mol. The fraction of sp³-hybridized carbons (Fsp3) is 0.375. The van der Waals surface area contributed by atoms with Gasteiger partial charge in [-0.1, -0.05) is 31.4 Å². The van der Waals surface area contributed by atoms with Crippen molar-refractivity contribution >= 4 is 6.08 Å². The normalized spacial score (nSPS) is 9.78. The lowest BCUT2D eigenvalue weighted by Crippen LogP contribution is -2.22. The van der Waals surface area contributed by atoms with Crippen molar-refractivity contribution < 1.29 is 9.47 Å². The van der Waals surface area contributed by atoms with Gasteiger partial charge in [-0.15, -0.1) is 0 Å². The average Bonchev–Trinajstić information content (AvgIpc) is 2.30. The topological polar surface area (TPSA) is 18.5 Å². The third kappa shape index (κ3) is 8.45. The molecule has 0 aliphatic rings. The van der Waals surface area contributed by atoms with Crippen LogP contribution in [0.15, 0.2) is 43.7 Å². The number of ether oxygens (including phenoxy) is 2. The summed E-state index contributed by atoms with van der Waals surface area (Å²) < 4.78 is 10.3. The van der Waals surface area contributed by atoms with Gasteiger partial charge in [0, 0.05) is 0 Å². The van der Waals surface area contributed by atoms with Crippen molar-refractivity contribution in [2.45, 2.75) is 33.3 Å². The Morgan fingerprint density at radius 1 is 1.11 bits per heavy atom. The number of hydrogen-bond acceptors (Lipinski definition) is 2. The Kier molecular flexibility index (Phi) is 7.61. The van der Waals surface area contributed by atoms with Gasteiger partial charge in [0.25, 0.3) is 0 Å². The summed E-state index contributed by atoms with van der Waals surface area (Å²) in [4.78, 5) is 0. The van der Waals surface area contributed by atoms with E-state index in [1.165, 1.54) is 6.26 Å². The first-order valence-electron chi connectivity index (χ1n) is 6.07. The van der Waals surface area contributed by atoms with Crippen molar-refractivity contribution in [1.82, 2.24) is 0 Å². The highest BCUT2D eigenvalue weighted by Crippen LogP contribution is 2.18. The van der Waals surface area contributed by atoms with E-state index in [0.717, 1.165) is 17.9 Å². The van der Waals surface area contributed by atoms with Crippen LogP contribution in [-0.4, -0.2) is 12.2 Å². The van der Waals surface area contributed by atoms with Gasteiger partial charge in [0.15, 0.2) is 0 Å². The third-order valence-corrected chi connectivity index (χ3v) is 1.82. The maximum atomic E-state index is 5.67. The van der Waals surface area contributed by atoms with Gasteiger partial charge in [-0.05, 0) is 45.4 Å². The van der Waals surface area contributed by atoms with E-state index in [-0.39, 0.29) is 5.60 Å². The van der Waals surface area contributed by atoms with Gasteiger partial charge in [-0.3, -0.25) is 0 Å². The first-order valence-corrected chi connectivity index (χ1v) is 6.07. The summed E-state index contributed by atoms with van der Waals surface area (Å²) in [6.07, 6.45) is 3.25. The van der Waals surface area contributed by atoms with Gasteiger partial charge < -0.3 is 9.47 Å². The smallest absolute Gasteiger partial charge is 0.120 e. The second-order valence-electron chi connectivity index (χ2n) is 4.61. The summed E-state index contributed by atoms with van der Waals surface area (Å²) in [6, 6.07) is 7.91. The predicted octanol–water partition coefficient (Wildman–Crippen LogP) is 4.67. The van der Waals surface area contributed by atoms with E-state index in [1.807, 2.05) is 58.0 Å². The molecule has 100 valence electrons. The average molecular weight is 248 g/mol. The number of benzene rings is 1. The maximum Gasteiger partial charge on any atom is 0.120 e. The standard InChI is InChI=1S/C12H16O.C4H8O/c1-5-10-6-8-11(9-7-10)13-12(2,3)4;1-3-5-4-2/h5-9H,1H2,2-4H3;3H,1,4H2,2H3. The summed E-state index contributed by atoms with van der Waals surface area (Å²) in [5, 5.41) is 0. The molecule has 0 atom stereocenters. The first-order chi connectivity index (χ1) is 8.42. The molecule has 0 unspecified atom stereocenters. The molecule has 2 heteroatoms. The van der Waals surface area contributed by atoms with Gasteiger partial charge in [0.05, 0.1) is 12.9 Å². The largest absolute Gasteiger partial charge is 0.502 e. The van der Waals surface area contributed by atoms with Crippen LogP contribution in [0.2, 0.25) is 0 Å². The Morgan fingerprint density at radius 2 is 1.67 bits per heavy atom. The van der Waals surface area contributed by atoms with Crippen LogP contribution in [0.5, 0.6) is 5.75 Å². The fourth-order valence-electron chi connectivity index (χ4n) is 1.14. The molecule has 0 radical (unpaired) electrons. The predicted molar refractivity (Wildman–Crippen MR) is 78.7 cm³/mol. The Balaban J connectivity index is 0.000000494. The minimum Gasteiger partial charge on any atom is -0.502 e. The molecule has 0 saturated heterocycles. The number of hydrogen-bond donors (Lipinski definition) is 0. The second kappa shape index (κ2) is 8.40. The van der Waals surface area contributed by atoms with Crippen molar-refractivity contribution in [2.24, 2.45) is 0 Å². The SMILES string of the molecule is C=COCC.C=Cc1ccc(OC(C)(C)C)cc1. The van der Waals surface area contributed by atoms with Crippen molar-refractivity contribution in [3.8, 4) is 5.75 Å². The van der Waals surface area contributed by atoms with Gasteiger partial charge >= 0.3 is 0 Å². The highest BCUT2D eigenvalue weighted by Gasteiger charge is 2.10. The summed E-state index contributed by atoms with van der Waals surface area (Å²) >= 11 is 0. The van der Waals surface area contributed by atoms with Crippen LogP contribution in [-0.2, 0) is 4.74 Å². The van der Waals surface area contributed by atoms with E-state index in [9.17, 15) is 0 Å². The summed E-state index contributed by atoms with van der Waals surface area (Å²) in [5.74, 6) is 0.901. The quantitative estimate of drug-likeness (QED) is 0.721. The van der Waals surface area contributed by atoms with Crippen LogP contribution in [0.25, 0.3) is 6.08 Å². The molecule has 0 aliphatic heterocycles. The highest BCUT2D eigenvalue weighted by atomic mass is 16.5. The zero-order chi connectivity index (χ0) is 14.0. The van der Waals surface area contributed by atoms with Gasteiger partial charge in [-0.25, -0.2) is 0 Å². The zero-order valence-electron chi connectivity index (χ0n) is 11.9. The molecule has 0 aromatic heterocycles.